The Balaban J connectivity index is 1.48. The molecule has 2 saturated heterocycles. The van der Waals surface area contributed by atoms with E-state index in [0.29, 0.717) is 55.1 Å². The van der Waals surface area contributed by atoms with E-state index in [2.05, 4.69) is 9.97 Å². The Labute approximate surface area is 192 Å². The molecule has 4 rings (SSSR count). The molecule has 172 valence electrons. The summed E-state index contributed by atoms with van der Waals surface area (Å²) in [4.78, 5) is 38.2. The van der Waals surface area contributed by atoms with Crippen LogP contribution in [0.1, 0.15) is 41.0 Å². The molecule has 0 aliphatic carbocycles. The van der Waals surface area contributed by atoms with Crippen LogP contribution >= 0.6 is 0 Å². The molecule has 1 aromatic heterocycles. The number of benzene rings is 1. The number of aromatic nitrogens is 2. The normalized spacial score (nSPS) is 18.0. The van der Waals surface area contributed by atoms with E-state index in [-0.39, 0.29) is 11.8 Å². The molecule has 3 N–H and O–H groups in total. The largest absolute Gasteiger partial charge is 0.496 e. The zero-order chi connectivity index (χ0) is 23.6. The number of carbonyl (C=O) groups excluding carboxylic acids is 2. The minimum Gasteiger partial charge on any atom is -0.496 e. The number of nitrogens with zero attached hydrogens (tertiary/aromatic N) is 4. The summed E-state index contributed by atoms with van der Waals surface area (Å²) in [5.41, 5.74) is 8.25. The fourth-order valence-electron chi connectivity index (χ4n) is 4.64. The second kappa shape index (κ2) is 9.01. The molecule has 2 aromatic rings. The molecular weight excluding hydrogens is 420 g/mol. The Morgan fingerprint density at radius 2 is 1.91 bits per heavy atom. The molecule has 1 spiro atoms. The van der Waals surface area contributed by atoms with Crippen molar-refractivity contribution < 1.29 is 14.3 Å². The maximum atomic E-state index is 13.5. The van der Waals surface area contributed by atoms with Gasteiger partial charge in [-0.25, -0.2) is 4.98 Å². The highest BCUT2D eigenvalue weighted by Gasteiger charge is 2.49. The summed E-state index contributed by atoms with van der Waals surface area (Å²) < 4.78 is 5.50. The molecule has 3 heterocycles. The first-order chi connectivity index (χ1) is 15.9. The number of rotatable bonds is 5. The predicted octanol–water partition coefficient (Wildman–Crippen LogP) is 2.40. The minimum absolute atomic E-state index is 0.0844. The average Bonchev–Trinajstić information content (AvgIpc) is 3.16. The van der Waals surface area contributed by atoms with Gasteiger partial charge in [-0.3, -0.25) is 14.6 Å². The molecule has 0 saturated carbocycles. The van der Waals surface area contributed by atoms with Crippen LogP contribution in [0.5, 0.6) is 5.75 Å². The van der Waals surface area contributed by atoms with Gasteiger partial charge in [-0.05, 0) is 38.3 Å². The van der Waals surface area contributed by atoms with Crippen LogP contribution in [0.15, 0.2) is 36.8 Å². The van der Waals surface area contributed by atoms with Crippen molar-refractivity contribution in [1.82, 2.24) is 14.9 Å². The molecule has 9 nitrogen and oxygen atoms in total. The van der Waals surface area contributed by atoms with Crippen molar-refractivity contribution in [1.29, 1.82) is 5.41 Å². The summed E-state index contributed by atoms with van der Waals surface area (Å²) >= 11 is 0. The van der Waals surface area contributed by atoms with Gasteiger partial charge in [0.25, 0.3) is 5.91 Å². The van der Waals surface area contributed by atoms with Crippen molar-refractivity contribution in [2.75, 3.05) is 31.6 Å². The van der Waals surface area contributed by atoms with Gasteiger partial charge in [-0.15, -0.1) is 0 Å². The number of nitrogens with two attached hydrogens (primary N) is 1. The zero-order valence-corrected chi connectivity index (χ0v) is 18.9. The second-order valence-electron chi connectivity index (χ2n) is 8.47. The molecule has 2 aliphatic rings. The number of hydrogen-bond donors (Lipinski definition) is 2. The Morgan fingerprint density at radius 3 is 2.52 bits per heavy atom. The van der Waals surface area contributed by atoms with Gasteiger partial charge in [-0.1, -0.05) is 0 Å². The molecule has 0 unspecified atom stereocenters. The van der Waals surface area contributed by atoms with Gasteiger partial charge in [0.05, 0.1) is 24.4 Å². The number of carbonyl (C=O) groups is 2. The number of allylic oxidation sites excluding steroid dienone is 1. The number of anilines is 1. The third-order valence-corrected chi connectivity index (χ3v) is 6.66. The fraction of sp³-hybridized carbons (Fsp3) is 0.375. The zero-order valence-electron chi connectivity index (χ0n) is 18.9. The maximum absolute atomic E-state index is 13.5. The smallest absolute Gasteiger partial charge is 0.274 e. The van der Waals surface area contributed by atoms with Crippen LogP contribution in [-0.2, 0) is 4.79 Å². The molecule has 9 heteroatoms. The standard InChI is InChI=1S/C24H28N6O3/c1-16-14-28-20(15-27-16)22(31)29-8-5-24(6-9-29)7-10-30(23(24)32)18-3-4-19(17(12-25)13-26)21(11-18)33-2/h3-4,11-15,25H,5-10,26H2,1-2H3/b17-13+,25-12?. The van der Waals surface area contributed by atoms with Gasteiger partial charge < -0.3 is 25.7 Å². The Kier molecular flexibility index (Phi) is 6.13. The summed E-state index contributed by atoms with van der Waals surface area (Å²) in [6.45, 7) is 3.47. The lowest BCUT2D eigenvalue weighted by atomic mass is 9.77. The molecular formula is C24H28N6O3. The monoisotopic (exact) mass is 448 g/mol. The van der Waals surface area contributed by atoms with Gasteiger partial charge in [0.2, 0.25) is 5.91 Å². The van der Waals surface area contributed by atoms with Gasteiger partial charge in [-0.2, -0.15) is 0 Å². The molecule has 0 radical (unpaired) electrons. The number of piperidine rings is 1. The van der Waals surface area contributed by atoms with Gasteiger partial charge in [0.15, 0.2) is 0 Å². The van der Waals surface area contributed by atoms with Crippen LogP contribution in [0, 0.1) is 17.7 Å². The van der Waals surface area contributed by atoms with Gasteiger partial charge in [0, 0.05) is 61.1 Å². The molecule has 0 bridgehead atoms. The number of hydrogen-bond acceptors (Lipinski definition) is 7. The number of ether oxygens (including phenoxy) is 1. The highest BCUT2D eigenvalue weighted by molar-refractivity contribution is 6.09. The predicted molar refractivity (Wildman–Crippen MR) is 125 cm³/mol. The molecule has 2 aliphatic heterocycles. The van der Waals surface area contributed by atoms with E-state index in [1.807, 2.05) is 25.1 Å². The summed E-state index contributed by atoms with van der Waals surface area (Å²) in [7, 11) is 1.55. The quantitative estimate of drug-likeness (QED) is 0.677. The van der Waals surface area contributed by atoms with Crippen LogP contribution in [0.3, 0.4) is 0 Å². The number of likely N-dealkylation sites (tertiary alicyclic amines) is 1. The Bertz CT molecular complexity index is 1100. The van der Waals surface area contributed by atoms with Crippen LogP contribution in [0.2, 0.25) is 0 Å². The lowest BCUT2D eigenvalue weighted by Crippen LogP contribution is -2.46. The number of methoxy groups -OCH3 is 1. The van der Waals surface area contributed by atoms with E-state index < -0.39 is 5.41 Å². The van der Waals surface area contributed by atoms with Crippen molar-refractivity contribution in [3.63, 3.8) is 0 Å². The molecule has 0 atom stereocenters. The van der Waals surface area contributed by atoms with E-state index in [1.54, 1.807) is 23.1 Å². The van der Waals surface area contributed by atoms with Crippen molar-refractivity contribution >= 4 is 29.3 Å². The summed E-state index contributed by atoms with van der Waals surface area (Å²) in [5.74, 6) is 0.497. The molecule has 2 amide bonds. The first-order valence-electron chi connectivity index (χ1n) is 10.9. The number of nitrogens with one attached hydrogen (secondary N) is 1. The lowest BCUT2D eigenvalue weighted by Gasteiger charge is -2.37. The third-order valence-electron chi connectivity index (χ3n) is 6.66. The minimum atomic E-state index is -0.459. The summed E-state index contributed by atoms with van der Waals surface area (Å²) in [6.07, 6.45) is 7.61. The highest BCUT2D eigenvalue weighted by atomic mass is 16.5. The number of aryl methyl sites for hydroxylation is 1. The van der Waals surface area contributed by atoms with E-state index in [0.717, 1.165) is 17.8 Å². The van der Waals surface area contributed by atoms with E-state index in [9.17, 15) is 9.59 Å². The number of amides is 2. The van der Waals surface area contributed by atoms with Crippen LogP contribution in [-0.4, -0.2) is 59.6 Å². The first kappa shape index (κ1) is 22.4. The lowest BCUT2D eigenvalue weighted by molar-refractivity contribution is -0.127. The maximum Gasteiger partial charge on any atom is 0.274 e. The molecule has 2 fully saturated rings. The van der Waals surface area contributed by atoms with Crippen molar-refractivity contribution in [3.8, 4) is 5.75 Å². The average molecular weight is 449 g/mol. The summed E-state index contributed by atoms with van der Waals surface area (Å²) in [5, 5.41) is 7.53. The van der Waals surface area contributed by atoms with Crippen LogP contribution in [0.4, 0.5) is 5.69 Å². The second-order valence-corrected chi connectivity index (χ2v) is 8.47. The van der Waals surface area contributed by atoms with Gasteiger partial charge in [0.1, 0.15) is 11.4 Å². The van der Waals surface area contributed by atoms with Crippen LogP contribution < -0.4 is 15.4 Å². The van der Waals surface area contributed by atoms with E-state index in [1.165, 1.54) is 18.6 Å². The van der Waals surface area contributed by atoms with Crippen molar-refractivity contribution in [2.24, 2.45) is 11.1 Å². The van der Waals surface area contributed by atoms with Gasteiger partial charge >= 0.3 is 0 Å². The summed E-state index contributed by atoms with van der Waals surface area (Å²) in [6, 6.07) is 5.49. The first-order valence-corrected chi connectivity index (χ1v) is 10.9. The third kappa shape index (κ3) is 4.06. The highest BCUT2D eigenvalue weighted by Crippen LogP contribution is 2.44. The fourth-order valence-corrected chi connectivity index (χ4v) is 4.64. The molecule has 1 aromatic carbocycles. The Hall–Kier alpha value is -3.75. The van der Waals surface area contributed by atoms with E-state index >= 15 is 0 Å². The molecule has 33 heavy (non-hydrogen) atoms. The van der Waals surface area contributed by atoms with Crippen molar-refractivity contribution in [2.45, 2.75) is 26.2 Å². The SMILES string of the molecule is COc1cc(N2CCC3(CCN(C(=O)c4cnc(C)cn4)CC3)C2=O)ccc1/C(C=N)=C/N. The Morgan fingerprint density at radius 1 is 1.18 bits per heavy atom. The van der Waals surface area contributed by atoms with E-state index in [4.69, 9.17) is 15.9 Å². The van der Waals surface area contributed by atoms with Crippen LogP contribution in [0.25, 0.3) is 5.57 Å². The topological polar surface area (TPSA) is 125 Å². The van der Waals surface area contributed by atoms with Crippen molar-refractivity contribution in [3.05, 3.63) is 53.7 Å².